The Kier molecular flexibility index (Phi) is 5.24. The Balaban J connectivity index is 1.95. The molecule has 0 aliphatic heterocycles. The number of rotatable bonds is 3. The molecule has 1 aromatic heterocycles. The van der Waals surface area contributed by atoms with E-state index < -0.39 is 0 Å². The molecule has 2 aromatic carbocycles. The monoisotopic (exact) mass is 396 g/mol. The normalized spacial score (nSPS) is 12.2. The Bertz CT molecular complexity index is 991. The van der Waals surface area contributed by atoms with Crippen LogP contribution in [0.25, 0.3) is 10.2 Å². The number of benzene rings is 2. The molecule has 3 rings (SSSR count). The second-order valence-corrected chi connectivity index (χ2v) is 10.1. The number of carbonyl (C=O) groups is 1. The zero-order valence-electron chi connectivity index (χ0n) is 17.6. The summed E-state index contributed by atoms with van der Waals surface area (Å²) in [5.41, 5.74) is 3.73. The third-order valence-electron chi connectivity index (χ3n) is 4.74. The maximum absolute atomic E-state index is 13.0. The summed E-state index contributed by atoms with van der Waals surface area (Å²) in [5.74, 6) is 0.643. The van der Waals surface area contributed by atoms with Crippen molar-refractivity contribution in [2.45, 2.75) is 52.4 Å². The molecule has 148 valence electrons. The molecule has 0 radical (unpaired) electrons. The Morgan fingerprint density at radius 3 is 2.11 bits per heavy atom. The molecule has 0 atom stereocenters. The van der Waals surface area contributed by atoms with Gasteiger partial charge in [0, 0.05) is 5.56 Å². The van der Waals surface area contributed by atoms with Crippen LogP contribution in [-0.4, -0.2) is 18.0 Å². The standard InChI is InChI=1S/C23H28N2O2S/c1-22(2,3)15-10-14(11-16(12-15)23(4,5)6)20(26)25-21-24-18-9-8-17(27-7)13-19(18)28-21/h8-13H,1-7H3,(H,24,25,26). The third kappa shape index (κ3) is 4.36. The predicted molar refractivity (Wildman–Crippen MR) is 118 cm³/mol. The maximum Gasteiger partial charge on any atom is 0.257 e. The van der Waals surface area contributed by atoms with Crippen molar-refractivity contribution in [2.75, 3.05) is 12.4 Å². The van der Waals surface area contributed by atoms with Gasteiger partial charge in [-0.15, -0.1) is 0 Å². The Labute approximate surface area is 171 Å². The van der Waals surface area contributed by atoms with Gasteiger partial charge in [-0.2, -0.15) is 0 Å². The van der Waals surface area contributed by atoms with Gasteiger partial charge in [0.25, 0.3) is 5.91 Å². The minimum absolute atomic E-state index is 0.0390. The minimum atomic E-state index is -0.136. The summed E-state index contributed by atoms with van der Waals surface area (Å²) in [4.78, 5) is 17.5. The summed E-state index contributed by atoms with van der Waals surface area (Å²) in [7, 11) is 1.64. The van der Waals surface area contributed by atoms with Crippen molar-refractivity contribution in [1.29, 1.82) is 0 Å². The first-order valence-corrected chi connectivity index (χ1v) is 10.2. The number of carbonyl (C=O) groups excluding carboxylic acids is 1. The molecular weight excluding hydrogens is 368 g/mol. The van der Waals surface area contributed by atoms with Gasteiger partial charge in [-0.25, -0.2) is 4.98 Å². The summed E-state index contributed by atoms with van der Waals surface area (Å²) in [5, 5.41) is 3.56. The Morgan fingerprint density at radius 1 is 0.964 bits per heavy atom. The van der Waals surface area contributed by atoms with E-state index in [9.17, 15) is 4.79 Å². The number of nitrogens with one attached hydrogen (secondary N) is 1. The fraction of sp³-hybridized carbons (Fsp3) is 0.391. The van der Waals surface area contributed by atoms with Gasteiger partial charge in [0.15, 0.2) is 5.13 Å². The van der Waals surface area contributed by atoms with Gasteiger partial charge in [0.05, 0.1) is 17.3 Å². The number of fused-ring (bicyclic) bond motifs is 1. The topological polar surface area (TPSA) is 51.2 Å². The van der Waals surface area contributed by atoms with Crippen LogP contribution in [0.4, 0.5) is 5.13 Å². The highest BCUT2D eigenvalue weighted by Crippen LogP contribution is 2.32. The van der Waals surface area contributed by atoms with E-state index in [1.54, 1.807) is 7.11 Å². The largest absolute Gasteiger partial charge is 0.497 e. The Hall–Kier alpha value is -2.40. The van der Waals surface area contributed by atoms with Crippen LogP contribution in [0.3, 0.4) is 0 Å². The van der Waals surface area contributed by atoms with Crippen LogP contribution in [0, 0.1) is 0 Å². The van der Waals surface area contributed by atoms with E-state index in [4.69, 9.17) is 4.74 Å². The van der Waals surface area contributed by atoms with Gasteiger partial charge in [0.1, 0.15) is 5.75 Å². The number of nitrogens with zero attached hydrogens (tertiary/aromatic N) is 1. The van der Waals surface area contributed by atoms with E-state index >= 15 is 0 Å². The van der Waals surface area contributed by atoms with Crippen molar-refractivity contribution in [3.63, 3.8) is 0 Å². The molecule has 0 spiro atoms. The van der Waals surface area contributed by atoms with Gasteiger partial charge in [-0.1, -0.05) is 58.9 Å². The second kappa shape index (κ2) is 7.21. The van der Waals surface area contributed by atoms with Crippen molar-refractivity contribution >= 4 is 32.6 Å². The summed E-state index contributed by atoms with van der Waals surface area (Å²) in [6, 6.07) is 11.9. The third-order valence-corrected chi connectivity index (χ3v) is 5.68. The van der Waals surface area contributed by atoms with E-state index in [-0.39, 0.29) is 16.7 Å². The van der Waals surface area contributed by atoms with Crippen molar-refractivity contribution in [1.82, 2.24) is 4.98 Å². The predicted octanol–water partition coefficient (Wildman–Crippen LogP) is 6.15. The van der Waals surface area contributed by atoms with E-state index in [0.29, 0.717) is 10.7 Å². The number of thiazole rings is 1. The van der Waals surface area contributed by atoms with Crippen LogP contribution in [0.1, 0.15) is 63.0 Å². The molecule has 28 heavy (non-hydrogen) atoms. The first kappa shape index (κ1) is 20.3. The number of hydrogen-bond donors (Lipinski definition) is 1. The molecule has 0 saturated carbocycles. The van der Waals surface area contributed by atoms with Crippen LogP contribution in [0.5, 0.6) is 5.75 Å². The molecule has 4 nitrogen and oxygen atoms in total. The lowest BCUT2D eigenvalue weighted by Gasteiger charge is -2.26. The molecule has 0 fully saturated rings. The molecule has 0 bridgehead atoms. The van der Waals surface area contributed by atoms with Crippen molar-refractivity contribution < 1.29 is 9.53 Å². The summed E-state index contributed by atoms with van der Waals surface area (Å²) in [6.07, 6.45) is 0. The number of aromatic nitrogens is 1. The second-order valence-electron chi connectivity index (χ2n) is 9.11. The van der Waals surface area contributed by atoms with Gasteiger partial charge in [0.2, 0.25) is 0 Å². The zero-order valence-corrected chi connectivity index (χ0v) is 18.5. The molecule has 5 heteroatoms. The first-order chi connectivity index (χ1) is 13.0. The average Bonchev–Trinajstić information content (AvgIpc) is 3.00. The summed E-state index contributed by atoms with van der Waals surface area (Å²) < 4.78 is 6.24. The average molecular weight is 397 g/mol. The number of methoxy groups -OCH3 is 1. The lowest BCUT2D eigenvalue weighted by Crippen LogP contribution is -2.20. The molecule has 0 aliphatic rings. The van der Waals surface area contributed by atoms with Gasteiger partial charge < -0.3 is 4.74 Å². The highest BCUT2D eigenvalue weighted by Gasteiger charge is 2.22. The SMILES string of the molecule is COc1ccc2nc(NC(=O)c3cc(C(C)(C)C)cc(C(C)(C)C)c3)sc2c1. The van der Waals surface area contributed by atoms with Gasteiger partial charge >= 0.3 is 0 Å². The zero-order chi connectivity index (χ0) is 20.7. The number of ether oxygens (including phenoxy) is 1. The highest BCUT2D eigenvalue weighted by molar-refractivity contribution is 7.22. The molecular formula is C23H28N2O2S. The lowest BCUT2D eigenvalue weighted by atomic mass is 9.79. The molecule has 1 amide bonds. The Morgan fingerprint density at radius 2 is 1.57 bits per heavy atom. The van der Waals surface area contributed by atoms with Crippen LogP contribution >= 0.6 is 11.3 Å². The maximum atomic E-state index is 13.0. The van der Waals surface area contributed by atoms with Crippen molar-refractivity contribution in [3.05, 3.63) is 53.1 Å². The fourth-order valence-electron chi connectivity index (χ4n) is 2.88. The number of hydrogen-bond acceptors (Lipinski definition) is 4. The van der Waals surface area contributed by atoms with Crippen LogP contribution in [0.2, 0.25) is 0 Å². The fourth-order valence-corrected chi connectivity index (χ4v) is 3.77. The molecule has 0 aliphatic carbocycles. The van der Waals surface area contributed by atoms with E-state index in [1.807, 2.05) is 30.3 Å². The number of anilines is 1. The quantitative estimate of drug-likeness (QED) is 0.577. The number of amides is 1. The van der Waals surface area contributed by atoms with Crippen LogP contribution in [-0.2, 0) is 10.8 Å². The van der Waals surface area contributed by atoms with E-state index in [1.165, 1.54) is 11.3 Å². The molecule has 0 unspecified atom stereocenters. The van der Waals surface area contributed by atoms with E-state index in [0.717, 1.165) is 27.1 Å². The van der Waals surface area contributed by atoms with Crippen molar-refractivity contribution in [3.8, 4) is 5.75 Å². The minimum Gasteiger partial charge on any atom is -0.497 e. The molecule has 3 aromatic rings. The molecule has 0 saturated heterocycles. The van der Waals surface area contributed by atoms with Crippen LogP contribution in [0.15, 0.2) is 36.4 Å². The molecule has 1 heterocycles. The van der Waals surface area contributed by atoms with Gasteiger partial charge in [-0.3, -0.25) is 10.1 Å². The van der Waals surface area contributed by atoms with Gasteiger partial charge in [-0.05, 0) is 52.3 Å². The summed E-state index contributed by atoms with van der Waals surface area (Å²) in [6.45, 7) is 13.0. The van der Waals surface area contributed by atoms with E-state index in [2.05, 4.69) is 57.9 Å². The smallest absolute Gasteiger partial charge is 0.257 e. The van der Waals surface area contributed by atoms with Crippen molar-refractivity contribution in [2.24, 2.45) is 0 Å². The lowest BCUT2D eigenvalue weighted by molar-refractivity contribution is 0.102. The first-order valence-electron chi connectivity index (χ1n) is 9.39. The molecule has 1 N–H and O–H groups in total. The van der Waals surface area contributed by atoms with Crippen LogP contribution < -0.4 is 10.1 Å². The summed E-state index contributed by atoms with van der Waals surface area (Å²) >= 11 is 1.45. The highest BCUT2D eigenvalue weighted by atomic mass is 32.1.